The average molecular weight is 207 g/mol. The minimum Gasteiger partial charge on any atom is -0.423 e. The first-order chi connectivity index (χ1) is 6.81. The third-order valence-corrected chi connectivity index (χ3v) is 2.04. The van der Waals surface area contributed by atoms with E-state index in [0.717, 1.165) is 5.39 Å². The second-order valence-corrected chi connectivity index (χ2v) is 3.07. The minimum atomic E-state index is -0.340. The van der Waals surface area contributed by atoms with Crippen LogP contribution < -0.4 is 5.63 Å². The molecule has 0 spiro atoms. The summed E-state index contributed by atoms with van der Waals surface area (Å²) < 4.78 is 5.00. The number of rotatable bonds is 1. The van der Waals surface area contributed by atoms with Crippen LogP contribution in [0.2, 0.25) is 0 Å². The van der Waals surface area contributed by atoms with Gasteiger partial charge in [0, 0.05) is 5.54 Å². The van der Waals surface area contributed by atoms with E-state index >= 15 is 0 Å². The van der Waals surface area contributed by atoms with Crippen LogP contribution in [-0.4, -0.2) is 0 Å². The Balaban J connectivity index is 2.79. The molecule has 1 aromatic heterocycles. The Kier molecular flexibility index (Phi) is 2.37. The molecule has 2 nitrogen and oxygen atoms in total. The fraction of sp³-hybridized carbons (Fsp3) is 0. The first-order valence-corrected chi connectivity index (χ1v) is 4.54. The normalized spacial score (nSPS) is 11.2. The van der Waals surface area contributed by atoms with Crippen molar-refractivity contribution in [2.75, 3.05) is 0 Å². The van der Waals surface area contributed by atoms with E-state index in [2.05, 4.69) is 0 Å². The predicted octanol–water partition coefficient (Wildman–Crippen LogP) is 3.00. The number of hydrogen-bond acceptors (Lipinski definition) is 2. The molecule has 0 unspecified atom stereocenters. The van der Waals surface area contributed by atoms with Crippen molar-refractivity contribution in [2.45, 2.75) is 0 Å². The van der Waals surface area contributed by atoms with E-state index < -0.39 is 0 Å². The summed E-state index contributed by atoms with van der Waals surface area (Å²) >= 11 is 5.40. The third kappa shape index (κ3) is 1.56. The SMILES string of the molecule is O=c1oc(/C=C/Cl)cc2ccccc12. The monoisotopic (exact) mass is 206 g/mol. The van der Waals surface area contributed by atoms with Crippen LogP contribution in [0.1, 0.15) is 5.76 Å². The summed E-state index contributed by atoms with van der Waals surface area (Å²) in [5.41, 5.74) is 0.973. The van der Waals surface area contributed by atoms with E-state index in [9.17, 15) is 4.79 Å². The fourth-order valence-electron chi connectivity index (χ4n) is 1.30. The molecule has 14 heavy (non-hydrogen) atoms. The molecule has 0 saturated heterocycles. The molecule has 0 N–H and O–H groups in total. The Bertz CT molecular complexity index is 540. The van der Waals surface area contributed by atoms with Crippen molar-refractivity contribution in [3.63, 3.8) is 0 Å². The molecule has 0 fully saturated rings. The molecule has 0 radical (unpaired) electrons. The molecular weight excluding hydrogens is 200 g/mol. The van der Waals surface area contributed by atoms with Crippen molar-refractivity contribution in [2.24, 2.45) is 0 Å². The number of benzene rings is 1. The zero-order valence-electron chi connectivity index (χ0n) is 7.24. The number of halogens is 1. The molecule has 3 heteroatoms. The molecule has 0 amide bonds. The maximum atomic E-state index is 11.4. The van der Waals surface area contributed by atoms with Crippen molar-refractivity contribution >= 4 is 28.4 Å². The Morgan fingerprint density at radius 3 is 2.86 bits per heavy atom. The van der Waals surface area contributed by atoms with E-state index in [0.29, 0.717) is 11.1 Å². The summed E-state index contributed by atoms with van der Waals surface area (Å²) in [6.07, 6.45) is 1.54. The molecule has 1 heterocycles. The van der Waals surface area contributed by atoms with Gasteiger partial charge < -0.3 is 4.42 Å². The van der Waals surface area contributed by atoms with Gasteiger partial charge in [-0.15, -0.1) is 0 Å². The summed E-state index contributed by atoms with van der Waals surface area (Å²) in [6, 6.07) is 9.04. The Labute approximate surface area is 85.4 Å². The van der Waals surface area contributed by atoms with Crippen molar-refractivity contribution < 1.29 is 4.42 Å². The summed E-state index contributed by atoms with van der Waals surface area (Å²) in [6.45, 7) is 0. The van der Waals surface area contributed by atoms with Gasteiger partial charge in [0.1, 0.15) is 5.76 Å². The molecule has 2 rings (SSSR count). The lowest BCUT2D eigenvalue weighted by molar-refractivity contribution is 0.510. The fourth-order valence-corrected chi connectivity index (χ4v) is 1.42. The van der Waals surface area contributed by atoms with Gasteiger partial charge in [0.05, 0.1) is 5.39 Å². The van der Waals surface area contributed by atoms with Crippen LogP contribution in [0.25, 0.3) is 16.8 Å². The molecule has 1 aromatic carbocycles. The molecular formula is C11H7ClO2. The molecule has 2 aromatic rings. The van der Waals surface area contributed by atoms with Crippen molar-refractivity contribution in [3.05, 3.63) is 52.0 Å². The van der Waals surface area contributed by atoms with Gasteiger partial charge in [-0.2, -0.15) is 0 Å². The summed E-state index contributed by atoms with van der Waals surface area (Å²) in [5.74, 6) is 0.462. The second-order valence-electron chi connectivity index (χ2n) is 2.82. The third-order valence-electron chi connectivity index (χ3n) is 1.92. The zero-order valence-corrected chi connectivity index (χ0v) is 7.99. The van der Waals surface area contributed by atoms with Gasteiger partial charge in [-0.1, -0.05) is 29.8 Å². The molecule has 70 valence electrons. The highest BCUT2D eigenvalue weighted by Gasteiger charge is 2.00. The van der Waals surface area contributed by atoms with Crippen LogP contribution in [0.5, 0.6) is 0 Å². The number of hydrogen-bond donors (Lipinski definition) is 0. The standard InChI is InChI=1S/C11H7ClO2/c12-6-5-9-7-8-3-1-2-4-10(8)11(13)14-9/h1-7H/b6-5+. The zero-order chi connectivity index (χ0) is 9.97. The number of fused-ring (bicyclic) bond motifs is 1. The average Bonchev–Trinajstić information content (AvgIpc) is 2.18. The summed E-state index contributed by atoms with van der Waals surface area (Å²) in [7, 11) is 0. The first kappa shape index (κ1) is 9.03. The van der Waals surface area contributed by atoms with Gasteiger partial charge in [-0.25, -0.2) is 4.79 Å². The van der Waals surface area contributed by atoms with Gasteiger partial charge >= 0.3 is 5.63 Å². The van der Waals surface area contributed by atoms with Gasteiger partial charge in [0.2, 0.25) is 0 Å². The van der Waals surface area contributed by atoms with Crippen LogP contribution in [-0.2, 0) is 0 Å². The minimum absolute atomic E-state index is 0.340. The predicted molar refractivity (Wildman–Crippen MR) is 57.4 cm³/mol. The molecule has 0 aliphatic carbocycles. The lowest BCUT2D eigenvalue weighted by Crippen LogP contribution is -1.99. The van der Waals surface area contributed by atoms with E-state index in [1.165, 1.54) is 11.6 Å². The van der Waals surface area contributed by atoms with Crippen LogP contribution in [0.15, 0.2) is 45.1 Å². The van der Waals surface area contributed by atoms with E-state index in [1.807, 2.05) is 12.1 Å². The second kappa shape index (κ2) is 3.68. The molecule has 0 aliphatic heterocycles. The van der Waals surface area contributed by atoms with Gasteiger partial charge in [-0.05, 0) is 23.6 Å². The van der Waals surface area contributed by atoms with Crippen LogP contribution >= 0.6 is 11.6 Å². The van der Waals surface area contributed by atoms with Crippen molar-refractivity contribution in [3.8, 4) is 0 Å². The van der Waals surface area contributed by atoms with Gasteiger partial charge in [0.15, 0.2) is 0 Å². The highest BCUT2D eigenvalue weighted by molar-refractivity contribution is 6.27. The highest BCUT2D eigenvalue weighted by Crippen LogP contribution is 2.12. The highest BCUT2D eigenvalue weighted by atomic mass is 35.5. The smallest absolute Gasteiger partial charge is 0.344 e. The molecule has 0 saturated carbocycles. The molecule has 0 bridgehead atoms. The van der Waals surface area contributed by atoms with E-state index in [1.54, 1.807) is 18.2 Å². The molecule has 0 atom stereocenters. The van der Waals surface area contributed by atoms with Gasteiger partial charge in [0.25, 0.3) is 0 Å². The Hall–Kier alpha value is -1.54. The van der Waals surface area contributed by atoms with Crippen molar-refractivity contribution in [1.82, 2.24) is 0 Å². The van der Waals surface area contributed by atoms with Crippen LogP contribution in [0.4, 0.5) is 0 Å². The first-order valence-electron chi connectivity index (χ1n) is 4.11. The van der Waals surface area contributed by atoms with Crippen LogP contribution in [0.3, 0.4) is 0 Å². The van der Waals surface area contributed by atoms with Crippen LogP contribution in [0, 0.1) is 0 Å². The largest absolute Gasteiger partial charge is 0.423 e. The maximum Gasteiger partial charge on any atom is 0.344 e. The summed E-state index contributed by atoms with van der Waals surface area (Å²) in [5, 5.41) is 1.44. The van der Waals surface area contributed by atoms with E-state index in [4.69, 9.17) is 16.0 Å². The van der Waals surface area contributed by atoms with E-state index in [-0.39, 0.29) is 5.63 Å². The molecule has 0 aliphatic rings. The Morgan fingerprint density at radius 1 is 1.29 bits per heavy atom. The summed E-state index contributed by atoms with van der Waals surface area (Å²) in [4.78, 5) is 11.4. The van der Waals surface area contributed by atoms with Gasteiger partial charge in [-0.3, -0.25) is 0 Å². The lowest BCUT2D eigenvalue weighted by atomic mass is 10.2. The topological polar surface area (TPSA) is 30.2 Å². The Morgan fingerprint density at radius 2 is 2.07 bits per heavy atom. The van der Waals surface area contributed by atoms with Crippen molar-refractivity contribution in [1.29, 1.82) is 0 Å². The lowest BCUT2D eigenvalue weighted by Gasteiger charge is -1.96. The maximum absolute atomic E-state index is 11.4. The quantitative estimate of drug-likeness (QED) is 0.718.